The average molecular weight is 492 g/mol. The van der Waals surface area contributed by atoms with Crippen LogP contribution < -0.4 is 10.9 Å². The van der Waals surface area contributed by atoms with E-state index in [0.717, 1.165) is 0 Å². The van der Waals surface area contributed by atoms with Crippen molar-refractivity contribution in [2.24, 2.45) is 10.2 Å². The van der Waals surface area contributed by atoms with Crippen molar-refractivity contribution in [1.82, 2.24) is 25.8 Å². The number of pyridine rings is 3. The van der Waals surface area contributed by atoms with Gasteiger partial charge in [-0.1, -0.05) is 6.07 Å². The van der Waals surface area contributed by atoms with E-state index < -0.39 is 0 Å². The van der Waals surface area contributed by atoms with Crippen molar-refractivity contribution < 1.29 is 24.7 Å². The van der Waals surface area contributed by atoms with Gasteiger partial charge in [-0.15, -0.1) is 0 Å². The zero-order valence-electron chi connectivity index (χ0n) is 17.2. The number of halogens is 1. The molecule has 2 N–H and O–H groups in total. The first-order valence-electron chi connectivity index (χ1n) is 9.16. The summed E-state index contributed by atoms with van der Waals surface area (Å²) in [6.07, 6.45) is 6.09. The van der Waals surface area contributed by atoms with Crippen molar-refractivity contribution in [3.05, 3.63) is 89.8 Å². The summed E-state index contributed by atoms with van der Waals surface area (Å²) in [5, 5.41) is 8.19. The van der Waals surface area contributed by atoms with Gasteiger partial charge in [0, 0.05) is 24.8 Å². The van der Waals surface area contributed by atoms with Crippen LogP contribution in [0.5, 0.6) is 0 Å². The van der Waals surface area contributed by atoms with Crippen molar-refractivity contribution in [2.45, 2.75) is 13.8 Å². The van der Waals surface area contributed by atoms with Gasteiger partial charge >= 0.3 is 25.2 Å². The van der Waals surface area contributed by atoms with E-state index in [-0.39, 0.29) is 11.8 Å². The first-order chi connectivity index (χ1) is 15.5. The van der Waals surface area contributed by atoms with Crippen LogP contribution in [0.25, 0.3) is 0 Å². The van der Waals surface area contributed by atoms with Crippen LogP contribution in [-0.2, 0) is 15.1 Å². The Morgan fingerprint density at radius 2 is 1.22 bits per heavy atom. The minimum atomic E-state index is -0.366. The molecule has 32 heavy (non-hydrogen) atoms. The molecular weight excluding hydrogens is 473 g/mol. The van der Waals surface area contributed by atoms with Crippen molar-refractivity contribution in [3.63, 3.8) is 0 Å². The number of carbonyl (C=O) groups is 2. The van der Waals surface area contributed by atoms with Crippen molar-refractivity contribution in [3.8, 4) is 0 Å². The van der Waals surface area contributed by atoms with Gasteiger partial charge in [-0.05, 0) is 50.2 Å². The third kappa shape index (κ3) is 7.35. The molecular formula is C21H19ClMnN7O2+. The summed E-state index contributed by atoms with van der Waals surface area (Å²) in [6.45, 7) is 3.46. The molecule has 0 aliphatic carbocycles. The molecule has 0 atom stereocenters. The molecule has 0 saturated heterocycles. The Kier molecular flexibility index (Phi) is 10.1. The molecule has 2 amide bonds. The minimum absolute atomic E-state index is 0.366. The number of hydrogen-bond acceptors (Lipinski definition) is 7. The van der Waals surface area contributed by atoms with E-state index in [1.807, 2.05) is 0 Å². The van der Waals surface area contributed by atoms with Gasteiger partial charge in [0.05, 0.1) is 33.9 Å². The monoisotopic (exact) mass is 491 g/mol. The first kappa shape index (κ1) is 24.8. The predicted octanol–water partition coefficient (Wildman–Crippen LogP) is 2.87. The predicted molar refractivity (Wildman–Crippen MR) is 118 cm³/mol. The van der Waals surface area contributed by atoms with E-state index >= 15 is 0 Å². The van der Waals surface area contributed by atoms with E-state index in [4.69, 9.17) is 0 Å². The van der Waals surface area contributed by atoms with Crippen LogP contribution in [0, 0.1) is 0 Å². The summed E-state index contributed by atoms with van der Waals surface area (Å²) in [5.74, 6) is -0.732. The molecule has 163 valence electrons. The standard InChI is InChI=1S/C21H19N7O2.ClH.Mn/c1-14(25-27-20(29)16-6-4-10-22-12-16)18-8-3-9-19(24-18)15(2)26-28-21(30)17-7-5-11-23-13-17;;/h3-13H,1-2H3,(H,27,29)(H,28,30);1H;/q;;+2/p-1. The zero-order chi connectivity index (χ0) is 23.3. The molecule has 3 aromatic rings. The molecule has 0 unspecified atom stereocenters. The Morgan fingerprint density at radius 1 is 0.781 bits per heavy atom. The fourth-order valence-electron chi connectivity index (χ4n) is 2.34. The number of nitrogens with one attached hydrogen (secondary N) is 2. The van der Waals surface area contributed by atoms with Gasteiger partial charge in [-0.25, -0.2) is 15.8 Å². The molecule has 0 fully saturated rings. The maximum absolute atomic E-state index is 12.1. The summed E-state index contributed by atoms with van der Waals surface area (Å²) < 4.78 is 0. The third-order valence-corrected chi connectivity index (χ3v) is 3.99. The summed E-state index contributed by atoms with van der Waals surface area (Å²) in [6, 6.07) is 12.0. The second-order valence-corrected chi connectivity index (χ2v) is 6.17. The number of hydrogen-bond donors (Lipinski definition) is 2. The van der Waals surface area contributed by atoms with Crippen LogP contribution in [0.3, 0.4) is 0 Å². The average Bonchev–Trinajstić information content (AvgIpc) is 2.87. The van der Waals surface area contributed by atoms with Gasteiger partial charge in [0.15, 0.2) is 0 Å². The van der Waals surface area contributed by atoms with Crippen molar-refractivity contribution in [2.75, 3.05) is 0 Å². The molecule has 11 heteroatoms. The van der Waals surface area contributed by atoms with Gasteiger partial charge < -0.3 is 0 Å². The van der Waals surface area contributed by atoms with E-state index in [1.165, 1.54) is 12.4 Å². The third-order valence-electron chi connectivity index (χ3n) is 3.99. The molecule has 3 heterocycles. The van der Waals surface area contributed by atoms with E-state index in [9.17, 15) is 9.59 Å². The Balaban J connectivity index is 0.00000176. The number of hydrazone groups is 2. The SMILES string of the molecule is CC(=NNC(=O)c1cccnc1)c1cccc(C(C)=NNC(=O)c2cccnc2)n1.[Cl][Mn+]. The number of nitrogens with zero attached hydrogens (tertiary/aromatic N) is 5. The van der Waals surface area contributed by atoms with Crippen LogP contribution in [0.1, 0.15) is 46.0 Å². The fraction of sp³-hybridized carbons (Fsp3) is 0.0952. The van der Waals surface area contributed by atoms with Gasteiger partial charge in [0.25, 0.3) is 11.8 Å². The van der Waals surface area contributed by atoms with Gasteiger partial charge in [0.2, 0.25) is 0 Å². The molecule has 3 aromatic heterocycles. The van der Waals surface area contributed by atoms with E-state index in [1.54, 1.807) is 68.7 Å². The number of rotatable bonds is 6. The number of aromatic nitrogens is 3. The summed E-state index contributed by atoms with van der Waals surface area (Å²) in [7, 11) is 4.45. The Labute approximate surface area is 197 Å². The normalized spacial score (nSPS) is 11.1. The Hall–Kier alpha value is -3.46. The summed E-state index contributed by atoms with van der Waals surface area (Å²) in [5.41, 5.74) is 7.93. The molecule has 0 bridgehead atoms. The molecule has 0 radical (unpaired) electrons. The van der Waals surface area contributed by atoms with Crippen molar-refractivity contribution >= 4 is 33.3 Å². The zero-order valence-corrected chi connectivity index (χ0v) is 19.1. The molecule has 0 aromatic carbocycles. The maximum atomic E-state index is 12.1. The first-order valence-corrected chi connectivity index (χ1v) is 10.8. The van der Waals surface area contributed by atoms with Crippen LogP contribution in [0.2, 0.25) is 0 Å². The van der Waals surface area contributed by atoms with E-state index in [0.29, 0.717) is 33.9 Å². The van der Waals surface area contributed by atoms with Crippen LogP contribution >= 0.6 is 10.1 Å². The van der Waals surface area contributed by atoms with Crippen LogP contribution in [0.15, 0.2) is 77.5 Å². The second-order valence-electron chi connectivity index (χ2n) is 6.17. The summed E-state index contributed by atoms with van der Waals surface area (Å²) in [4.78, 5) is 36.4. The van der Waals surface area contributed by atoms with Gasteiger partial charge in [0.1, 0.15) is 0 Å². The number of carbonyl (C=O) groups excluding carboxylic acids is 2. The quantitative estimate of drug-likeness (QED) is 0.312. The van der Waals surface area contributed by atoms with Crippen molar-refractivity contribution in [1.29, 1.82) is 0 Å². The fourth-order valence-corrected chi connectivity index (χ4v) is 2.34. The molecule has 0 saturated carbocycles. The Morgan fingerprint density at radius 3 is 1.59 bits per heavy atom. The molecule has 0 aliphatic heterocycles. The summed E-state index contributed by atoms with van der Waals surface area (Å²) >= 11 is 2.41. The molecule has 9 nitrogen and oxygen atoms in total. The van der Waals surface area contributed by atoms with Crippen LogP contribution in [0.4, 0.5) is 0 Å². The second kappa shape index (κ2) is 13.1. The Bertz CT molecular complexity index is 1020. The van der Waals surface area contributed by atoms with E-state index in [2.05, 4.69) is 61.2 Å². The molecule has 0 aliphatic rings. The van der Waals surface area contributed by atoms with Gasteiger partial charge in [-0.2, -0.15) is 10.2 Å². The van der Waals surface area contributed by atoms with Crippen LogP contribution in [-0.4, -0.2) is 38.2 Å². The van der Waals surface area contributed by atoms with Gasteiger partial charge in [-0.3, -0.25) is 19.6 Å². The number of amides is 2. The molecule has 3 rings (SSSR count). The topological polar surface area (TPSA) is 122 Å². The molecule has 0 spiro atoms.